The molecule has 1 unspecified atom stereocenters. The summed E-state index contributed by atoms with van der Waals surface area (Å²) >= 11 is 0. The van der Waals surface area contributed by atoms with Crippen LogP contribution >= 0.6 is 0 Å². The van der Waals surface area contributed by atoms with Gasteiger partial charge in [0.25, 0.3) is 5.56 Å². The Morgan fingerprint density at radius 3 is 2.16 bits per heavy atom. The second-order valence-electron chi connectivity index (χ2n) is 6.50. The third-order valence-electron chi connectivity index (χ3n) is 4.93. The fourth-order valence-electron chi connectivity index (χ4n) is 3.43. The molecule has 0 spiro atoms. The number of aromatic nitrogens is 1. The number of rotatable bonds is 6. The van der Waals surface area contributed by atoms with E-state index in [1.165, 1.54) is 0 Å². The summed E-state index contributed by atoms with van der Waals surface area (Å²) in [5.41, 5.74) is 2.35. The van der Waals surface area contributed by atoms with Crippen molar-refractivity contribution in [3.63, 3.8) is 0 Å². The predicted molar refractivity (Wildman–Crippen MR) is 106 cm³/mol. The second kappa shape index (κ2) is 7.66. The van der Waals surface area contributed by atoms with Crippen molar-refractivity contribution in [3.8, 4) is 11.1 Å². The van der Waals surface area contributed by atoms with Crippen LogP contribution in [0.15, 0.2) is 65.6 Å². The summed E-state index contributed by atoms with van der Waals surface area (Å²) in [5, 5.41) is 1.81. The molecule has 3 nitrogen and oxygen atoms in total. The number of nitrogens with zero attached hydrogens (tertiary/aromatic N) is 2. The Morgan fingerprint density at radius 2 is 1.52 bits per heavy atom. The molecule has 0 radical (unpaired) electrons. The van der Waals surface area contributed by atoms with E-state index >= 15 is 0 Å². The highest BCUT2D eigenvalue weighted by Gasteiger charge is 2.15. The molecule has 130 valence electrons. The molecule has 0 saturated heterocycles. The molecule has 1 heterocycles. The van der Waals surface area contributed by atoms with Crippen molar-refractivity contribution in [3.05, 3.63) is 71.1 Å². The van der Waals surface area contributed by atoms with Gasteiger partial charge in [-0.05, 0) is 37.0 Å². The van der Waals surface area contributed by atoms with Gasteiger partial charge in [0, 0.05) is 29.7 Å². The molecule has 2 aromatic carbocycles. The van der Waals surface area contributed by atoms with Gasteiger partial charge in [-0.1, -0.05) is 62.4 Å². The molecule has 1 atom stereocenters. The molecule has 0 aliphatic heterocycles. The van der Waals surface area contributed by atoms with Gasteiger partial charge in [-0.15, -0.1) is 0 Å². The average molecular weight is 334 g/mol. The van der Waals surface area contributed by atoms with Gasteiger partial charge in [-0.25, -0.2) is 0 Å². The number of fused-ring (bicyclic) bond motifs is 1. The lowest BCUT2D eigenvalue weighted by atomic mass is 10.0. The van der Waals surface area contributed by atoms with Gasteiger partial charge in [0.05, 0.1) is 0 Å². The molecule has 0 aliphatic rings. The van der Waals surface area contributed by atoms with Crippen LogP contribution in [0.2, 0.25) is 0 Å². The lowest BCUT2D eigenvalue weighted by Crippen LogP contribution is -2.33. The Kier molecular flexibility index (Phi) is 5.34. The van der Waals surface area contributed by atoms with Crippen LogP contribution in [0.25, 0.3) is 21.9 Å². The van der Waals surface area contributed by atoms with Gasteiger partial charge in [0.1, 0.15) is 0 Å². The molecular weight excluding hydrogens is 308 g/mol. The number of benzene rings is 2. The van der Waals surface area contributed by atoms with E-state index in [1.807, 2.05) is 53.2 Å². The first-order valence-corrected chi connectivity index (χ1v) is 9.07. The molecule has 0 saturated carbocycles. The van der Waals surface area contributed by atoms with Crippen molar-refractivity contribution >= 4 is 10.8 Å². The van der Waals surface area contributed by atoms with Gasteiger partial charge in [0.2, 0.25) is 0 Å². The third kappa shape index (κ3) is 3.52. The Hall–Kier alpha value is -2.39. The van der Waals surface area contributed by atoms with Crippen molar-refractivity contribution in [1.29, 1.82) is 0 Å². The first-order valence-electron chi connectivity index (χ1n) is 9.07. The number of pyridine rings is 1. The molecule has 25 heavy (non-hydrogen) atoms. The minimum absolute atomic E-state index is 0.0925. The maximum atomic E-state index is 13.1. The summed E-state index contributed by atoms with van der Waals surface area (Å²) in [6, 6.07) is 18.3. The summed E-state index contributed by atoms with van der Waals surface area (Å²) in [7, 11) is 0. The van der Waals surface area contributed by atoms with Crippen molar-refractivity contribution in [1.82, 2.24) is 9.47 Å². The van der Waals surface area contributed by atoms with Gasteiger partial charge in [-0.3, -0.25) is 4.79 Å². The van der Waals surface area contributed by atoms with Crippen LogP contribution < -0.4 is 5.56 Å². The van der Waals surface area contributed by atoms with Crippen molar-refractivity contribution in [2.24, 2.45) is 0 Å². The third-order valence-corrected chi connectivity index (χ3v) is 4.93. The van der Waals surface area contributed by atoms with E-state index in [9.17, 15) is 4.79 Å². The fourth-order valence-corrected chi connectivity index (χ4v) is 3.43. The molecule has 0 N–H and O–H groups in total. The maximum absolute atomic E-state index is 13.1. The molecular formula is C22H26N2O. The lowest BCUT2D eigenvalue weighted by molar-refractivity contribution is 0.259. The van der Waals surface area contributed by atoms with E-state index in [2.05, 4.69) is 37.8 Å². The monoisotopic (exact) mass is 334 g/mol. The highest BCUT2D eigenvalue weighted by molar-refractivity contribution is 5.95. The Labute approximate surface area is 149 Å². The zero-order chi connectivity index (χ0) is 17.8. The van der Waals surface area contributed by atoms with Crippen LogP contribution in [-0.4, -0.2) is 29.1 Å². The Balaban J connectivity index is 2.17. The highest BCUT2D eigenvalue weighted by Crippen LogP contribution is 2.27. The zero-order valence-electron chi connectivity index (χ0n) is 15.3. The van der Waals surface area contributed by atoms with E-state index in [1.54, 1.807) is 0 Å². The SMILES string of the molecule is CCN(CC)CC(C)n1cc(-c2ccccc2)c2ccccc2c1=O. The van der Waals surface area contributed by atoms with E-state index < -0.39 is 0 Å². The smallest absolute Gasteiger partial charge is 0.258 e. The molecule has 3 heteroatoms. The first kappa shape index (κ1) is 17.4. The largest absolute Gasteiger partial charge is 0.310 e. The van der Waals surface area contributed by atoms with Gasteiger partial charge in [-0.2, -0.15) is 0 Å². The lowest BCUT2D eigenvalue weighted by Gasteiger charge is -2.25. The maximum Gasteiger partial charge on any atom is 0.258 e. The average Bonchev–Trinajstić information content (AvgIpc) is 2.67. The number of likely N-dealkylation sites (N-methyl/N-ethyl adjacent to an activating group) is 1. The molecule has 1 aromatic heterocycles. The molecule has 3 rings (SSSR count). The molecule has 0 fully saturated rings. The summed E-state index contributed by atoms with van der Waals surface area (Å²) < 4.78 is 1.91. The zero-order valence-corrected chi connectivity index (χ0v) is 15.3. The van der Waals surface area contributed by atoms with Crippen LogP contribution in [0.3, 0.4) is 0 Å². The van der Waals surface area contributed by atoms with Crippen LogP contribution in [0, 0.1) is 0 Å². The van der Waals surface area contributed by atoms with Crippen LogP contribution in [0.1, 0.15) is 26.8 Å². The molecule has 3 aromatic rings. The van der Waals surface area contributed by atoms with E-state index in [0.717, 1.165) is 41.5 Å². The molecule has 0 bridgehead atoms. The van der Waals surface area contributed by atoms with Gasteiger partial charge in [0.15, 0.2) is 0 Å². The highest BCUT2D eigenvalue weighted by atomic mass is 16.1. The minimum Gasteiger partial charge on any atom is -0.310 e. The normalized spacial score (nSPS) is 12.6. The summed E-state index contributed by atoms with van der Waals surface area (Å²) in [4.78, 5) is 15.4. The van der Waals surface area contributed by atoms with Gasteiger partial charge >= 0.3 is 0 Å². The van der Waals surface area contributed by atoms with E-state index in [0.29, 0.717) is 0 Å². The van der Waals surface area contributed by atoms with Gasteiger partial charge < -0.3 is 9.47 Å². The fraction of sp³-hybridized carbons (Fsp3) is 0.318. The van der Waals surface area contributed by atoms with Crippen molar-refractivity contribution < 1.29 is 0 Å². The molecule has 0 aliphatic carbocycles. The van der Waals surface area contributed by atoms with Crippen molar-refractivity contribution in [2.45, 2.75) is 26.8 Å². The quantitative estimate of drug-likeness (QED) is 0.660. The van der Waals surface area contributed by atoms with Crippen LogP contribution in [-0.2, 0) is 0 Å². The van der Waals surface area contributed by atoms with Crippen LogP contribution in [0.5, 0.6) is 0 Å². The Morgan fingerprint density at radius 1 is 0.920 bits per heavy atom. The summed E-state index contributed by atoms with van der Waals surface area (Å²) in [5.74, 6) is 0. The summed E-state index contributed by atoms with van der Waals surface area (Å²) in [6.07, 6.45) is 2.04. The Bertz CT molecular complexity index is 895. The number of hydrogen-bond donors (Lipinski definition) is 0. The van der Waals surface area contributed by atoms with E-state index in [-0.39, 0.29) is 11.6 Å². The first-order chi connectivity index (χ1) is 12.2. The standard InChI is InChI=1S/C22H26N2O/c1-4-23(5-2)15-17(3)24-16-21(18-11-7-6-8-12-18)19-13-9-10-14-20(19)22(24)25/h6-14,16-17H,4-5,15H2,1-3H3. The minimum atomic E-state index is 0.0925. The van der Waals surface area contributed by atoms with Crippen molar-refractivity contribution in [2.75, 3.05) is 19.6 Å². The number of hydrogen-bond acceptors (Lipinski definition) is 2. The second-order valence-corrected chi connectivity index (χ2v) is 6.50. The predicted octanol–water partition coefficient (Wildman–Crippen LogP) is 4.57. The van der Waals surface area contributed by atoms with Crippen LogP contribution in [0.4, 0.5) is 0 Å². The van der Waals surface area contributed by atoms with E-state index in [4.69, 9.17) is 0 Å². The summed E-state index contributed by atoms with van der Waals surface area (Å²) in [6.45, 7) is 9.32. The molecule has 0 amide bonds. The topological polar surface area (TPSA) is 25.2 Å².